The second kappa shape index (κ2) is 5.05. The number of fused-ring (bicyclic) bond motifs is 1. The molecule has 0 radical (unpaired) electrons. The number of rotatable bonds is 1. The summed E-state index contributed by atoms with van der Waals surface area (Å²) >= 11 is 0. The van der Waals surface area contributed by atoms with E-state index in [-0.39, 0.29) is 5.91 Å². The lowest BCUT2D eigenvalue weighted by Crippen LogP contribution is -2.53. The first-order valence-corrected chi connectivity index (χ1v) is 8.61. The van der Waals surface area contributed by atoms with Crippen molar-refractivity contribution in [1.29, 1.82) is 0 Å². The fraction of sp³-hybridized carbons (Fsp3) is 0.611. The van der Waals surface area contributed by atoms with Crippen LogP contribution in [0.5, 0.6) is 0 Å². The van der Waals surface area contributed by atoms with E-state index in [1.54, 1.807) is 10.7 Å². The number of hydrogen-bond donors (Lipinski definition) is 0. The van der Waals surface area contributed by atoms with Gasteiger partial charge in [-0.1, -0.05) is 13.3 Å². The van der Waals surface area contributed by atoms with Crippen LogP contribution >= 0.6 is 0 Å². The standard InChI is InChI=1S/C18H24N4O/c1-12-5-8-21(11-18(12)6-4-7-18)17(23)15-10-19-16-9-13(2)20-22(16)14(15)3/h9-10,12H,4-8,11H2,1-3H3. The quantitative estimate of drug-likeness (QED) is 0.813. The molecule has 0 N–H and O–H groups in total. The van der Waals surface area contributed by atoms with E-state index in [0.29, 0.717) is 11.0 Å². The Morgan fingerprint density at radius 2 is 2.13 bits per heavy atom. The number of piperidine rings is 1. The second-order valence-corrected chi connectivity index (χ2v) is 7.45. The summed E-state index contributed by atoms with van der Waals surface area (Å²) in [6, 6.07) is 1.94. The topological polar surface area (TPSA) is 50.5 Å². The highest BCUT2D eigenvalue weighted by atomic mass is 16.2. The molecule has 1 unspecified atom stereocenters. The molecule has 5 heteroatoms. The largest absolute Gasteiger partial charge is 0.338 e. The van der Waals surface area contributed by atoms with E-state index >= 15 is 0 Å². The molecule has 2 aromatic heterocycles. The van der Waals surface area contributed by atoms with Crippen LogP contribution in [0.1, 0.15) is 54.4 Å². The van der Waals surface area contributed by atoms with Crippen molar-refractivity contribution >= 4 is 11.6 Å². The summed E-state index contributed by atoms with van der Waals surface area (Å²) < 4.78 is 1.79. The van der Waals surface area contributed by atoms with Crippen molar-refractivity contribution < 1.29 is 4.79 Å². The molecule has 3 heterocycles. The molecule has 4 rings (SSSR count). The van der Waals surface area contributed by atoms with Gasteiger partial charge in [-0.05, 0) is 44.4 Å². The van der Waals surface area contributed by atoms with Gasteiger partial charge in [0.25, 0.3) is 5.91 Å². The molecule has 1 saturated heterocycles. The average Bonchev–Trinajstić information content (AvgIpc) is 2.87. The first kappa shape index (κ1) is 14.7. The molecule has 2 aliphatic rings. The van der Waals surface area contributed by atoms with Crippen LogP contribution in [-0.4, -0.2) is 38.5 Å². The van der Waals surface area contributed by atoms with E-state index in [4.69, 9.17) is 0 Å². The number of aromatic nitrogens is 3. The van der Waals surface area contributed by atoms with Gasteiger partial charge in [-0.3, -0.25) is 4.79 Å². The first-order chi connectivity index (χ1) is 11.0. The molecule has 1 amide bonds. The monoisotopic (exact) mass is 312 g/mol. The van der Waals surface area contributed by atoms with Crippen molar-refractivity contribution in [2.45, 2.75) is 46.5 Å². The van der Waals surface area contributed by atoms with Gasteiger partial charge in [0.2, 0.25) is 0 Å². The Labute approximate surface area is 136 Å². The molecule has 1 saturated carbocycles. The minimum atomic E-state index is 0.114. The van der Waals surface area contributed by atoms with Crippen molar-refractivity contribution in [2.24, 2.45) is 11.3 Å². The Hall–Kier alpha value is -1.91. The SMILES string of the molecule is Cc1cc2ncc(C(=O)N3CCC(C)C4(CCC4)C3)c(C)n2n1. The van der Waals surface area contributed by atoms with Crippen molar-refractivity contribution in [3.05, 3.63) is 29.2 Å². The summed E-state index contributed by atoms with van der Waals surface area (Å²) in [5.74, 6) is 0.846. The van der Waals surface area contributed by atoms with Crippen LogP contribution in [0.3, 0.4) is 0 Å². The normalized spacial score (nSPS) is 23.3. The third-order valence-electron chi connectivity index (χ3n) is 6.10. The summed E-state index contributed by atoms with van der Waals surface area (Å²) in [6.45, 7) is 8.02. The van der Waals surface area contributed by atoms with E-state index in [1.807, 2.05) is 24.8 Å². The lowest BCUT2D eigenvalue weighted by atomic mass is 9.59. The summed E-state index contributed by atoms with van der Waals surface area (Å²) in [5.41, 5.74) is 3.67. The lowest BCUT2D eigenvalue weighted by Gasteiger charge is -2.53. The maximum atomic E-state index is 13.1. The van der Waals surface area contributed by atoms with Crippen molar-refractivity contribution in [3.8, 4) is 0 Å². The zero-order valence-corrected chi connectivity index (χ0v) is 14.2. The Balaban J connectivity index is 1.65. The van der Waals surface area contributed by atoms with Gasteiger partial charge in [-0.2, -0.15) is 5.10 Å². The second-order valence-electron chi connectivity index (χ2n) is 7.45. The molecule has 2 fully saturated rings. The van der Waals surface area contributed by atoms with Crippen molar-refractivity contribution in [2.75, 3.05) is 13.1 Å². The maximum Gasteiger partial charge on any atom is 0.257 e. The maximum absolute atomic E-state index is 13.1. The Morgan fingerprint density at radius 3 is 2.83 bits per heavy atom. The molecule has 2 aromatic rings. The molecule has 1 aliphatic heterocycles. The number of carbonyl (C=O) groups is 1. The van der Waals surface area contributed by atoms with E-state index < -0.39 is 0 Å². The van der Waals surface area contributed by atoms with E-state index in [9.17, 15) is 4.79 Å². The minimum absolute atomic E-state index is 0.114. The Bertz CT molecular complexity index is 775. The predicted molar refractivity (Wildman–Crippen MR) is 88.4 cm³/mol. The smallest absolute Gasteiger partial charge is 0.257 e. The van der Waals surface area contributed by atoms with Crippen molar-refractivity contribution in [1.82, 2.24) is 19.5 Å². The summed E-state index contributed by atoms with van der Waals surface area (Å²) in [6.07, 6.45) is 6.69. The fourth-order valence-corrected chi connectivity index (χ4v) is 4.27. The number of nitrogens with zero attached hydrogens (tertiary/aromatic N) is 4. The highest BCUT2D eigenvalue weighted by Crippen LogP contribution is 2.51. The minimum Gasteiger partial charge on any atom is -0.338 e. The number of hydrogen-bond acceptors (Lipinski definition) is 3. The molecule has 122 valence electrons. The molecular weight excluding hydrogens is 288 g/mol. The molecule has 0 bridgehead atoms. The molecule has 1 atom stereocenters. The van der Waals surface area contributed by atoms with Gasteiger partial charge >= 0.3 is 0 Å². The lowest BCUT2D eigenvalue weighted by molar-refractivity contribution is -0.0208. The van der Waals surface area contributed by atoms with Gasteiger partial charge in [0, 0.05) is 25.4 Å². The van der Waals surface area contributed by atoms with E-state index in [2.05, 4.69) is 17.0 Å². The summed E-state index contributed by atoms with van der Waals surface area (Å²) in [7, 11) is 0. The van der Waals surface area contributed by atoms with E-state index in [0.717, 1.165) is 42.5 Å². The van der Waals surface area contributed by atoms with Crippen LogP contribution in [0.25, 0.3) is 5.65 Å². The van der Waals surface area contributed by atoms with Crippen LogP contribution in [-0.2, 0) is 0 Å². The number of carbonyl (C=O) groups excluding carboxylic acids is 1. The fourth-order valence-electron chi connectivity index (χ4n) is 4.27. The molecule has 0 aromatic carbocycles. The van der Waals surface area contributed by atoms with Crippen LogP contribution in [0.4, 0.5) is 0 Å². The number of likely N-dealkylation sites (tertiary alicyclic amines) is 1. The van der Waals surface area contributed by atoms with Crippen LogP contribution in [0, 0.1) is 25.2 Å². The van der Waals surface area contributed by atoms with Crippen LogP contribution < -0.4 is 0 Å². The molecular formula is C18H24N4O. The van der Waals surface area contributed by atoms with Gasteiger partial charge < -0.3 is 4.90 Å². The van der Waals surface area contributed by atoms with Gasteiger partial charge in [0.1, 0.15) is 0 Å². The first-order valence-electron chi connectivity index (χ1n) is 8.61. The van der Waals surface area contributed by atoms with Crippen LogP contribution in [0.15, 0.2) is 12.3 Å². The molecule has 23 heavy (non-hydrogen) atoms. The number of amides is 1. The highest BCUT2D eigenvalue weighted by Gasteiger charge is 2.46. The molecule has 1 spiro atoms. The average molecular weight is 312 g/mol. The van der Waals surface area contributed by atoms with Gasteiger partial charge in [0.05, 0.1) is 17.0 Å². The van der Waals surface area contributed by atoms with E-state index in [1.165, 1.54) is 19.3 Å². The van der Waals surface area contributed by atoms with Gasteiger partial charge in [-0.15, -0.1) is 0 Å². The third-order valence-corrected chi connectivity index (χ3v) is 6.10. The molecule has 1 aliphatic carbocycles. The van der Waals surface area contributed by atoms with Gasteiger partial charge in [-0.25, -0.2) is 9.50 Å². The Morgan fingerprint density at radius 1 is 1.35 bits per heavy atom. The molecule has 5 nitrogen and oxygen atoms in total. The number of aryl methyl sites for hydroxylation is 2. The zero-order valence-electron chi connectivity index (χ0n) is 14.2. The Kier molecular flexibility index (Phi) is 3.22. The van der Waals surface area contributed by atoms with Gasteiger partial charge in [0.15, 0.2) is 5.65 Å². The predicted octanol–water partition coefficient (Wildman–Crippen LogP) is 3.00. The highest BCUT2D eigenvalue weighted by molar-refractivity contribution is 5.95. The van der Waals surface area contributed by atoms with Crippen LogP contribution in [0.2, 0.25) is 0 Å². The summed E-state index contributed by atoms with van der Waals surface area (Å²) in [4.78, 5) is 19.5. The summed E-state index contributed by atoms with van der Waals surface area (Å²) in [5, 5.41) is 4.45. The third kappa shape index (κ3) is 2.17. The zero-order chi connectivity index (χ0) is 16.2. The van der Waals surface area contributed by atoms with Crippen molar-refractivity contribution in [3.63, 3.8) is 0 Å².